The van der Waals surface area contributed by atoms with Crippen molar-refractivity contribution in [1.82, 2.24) is 10.1 Å². The molecule has 1 unspecified atom stereocenters. The number of carbonyl (C=O) groups excluding carboxylic acids is 2. The van der Waals surface area contributed by atoms with E-state index in [2.05, 4.69) is 10.5 Å². The highest BCUT2D eigenvalue weighted by molar-refractivity contribution is 5.97. The molecule has 0 aliphatic carbocycles. The molecule has 1 atom stereocenters. The zero-order chi connectivity index (χ0) is 18.2. The van der Waals surface area contributed by atoms with Crippen molar-refractivity contribution in [3.8, 4) is 0 Å². The van der Waals surface area contributed by atoms with Gasteiger partial charge in [0.25, 0.3) is 0 Å². The molecular formula is C19H23N3O3. The Morgan fingerprint density at radius 1 is 1.32 bits per heavy atom. The van der Waals surface area contributed by atoms with Crippen LogP contribution in [-0.2, 0) is 9.59 Å². The third-order valence-corrected chi connectivity index (χ3v) is 3.83. The second-order valence-corrected chi connectivity index (χ2v) is 5.84. The summed E-state index contributed by atoms with van der Waals surface area (Å²) in [7, 11) is 0. The summed E-state index contributed by atoms with van der Waals surface area (Å²) in [5.74, 6) is 0.439. The maximum atomic E-state index is 12.5. The molecule has 25 heavy (non-hydrogen) atoms. The first-order valence-electron chi connectivity index (χ1n) is 8.26. The van der Waals surface area contributed by atoms with E-state index < -0.39 is 0 Å². The van der Waals surface area contributed by atoms with Crippen LogP contribution >= 0.6 is 0 Å². The normalized spacial score (nSPS) is 12.1. The monoisotopic (exact) mass is 341 g/mol. The van der Waals surface area contributed by atoms with Crippen molar-refractivity contribution in [2.24, 2.45) is 0 Å². The molecule has 132 valence electrons. The SMILES string of the molecule is CCC(C)N(CC(=O)Nc1cc(C)on1)C(=O)C=Cc1ccccc1. The van der Waals surface area contributed by atoms with Crippen molar-refractivity contribution in [3.63, 3.8) is 0 Å². The van der Waals surface area contributed by atoms with Gasteiger partial charge in [-0.15, -0.1) is 0 Å². The van der Waals surface area contributed by atoms with Crippen LogP contribution in [0.5, 0.6) is 0 Å². The summed E-state index contributed by atoms with van der Waals surface area (Å²) >= 11 is 0. The molecule has 0 fully saturated rings. The first-order chi connectivity index (χ1) is 12.0. The molecular weight excluding hydrogens is 318 g/mol. The quantitative estimate of drug-likeness (QED) is 0.784. The van der Waals surface area contributed by atoms with Gasteiger partial charge < -0.3 is 14.7 Å². The second-order valence-electron chi connectivity index (χ2n) is 5.84. The van der Waals surface area contributed by atoms with Crippen LogP contribution in [0.25, 0.3) is 6.08 Å². The molecule has 6 nitrogen and oxygen atoms in total. The molecule has 6 heteroatoms. The zero-order valence-electron chi connectivity index (χ0n) is 14.7. The molecule has 0 saturated carbocycles. The minimum Gasteiger partial charge on any atom is -0.360 e. The van der Waals surface area contributed by atoms with Crippen LogP contribution in [0, 0.1) is 6.92 Å². The lowest BCUT2D eigenvalue weighted by molar-refractivity contribution is -0.132. The molecule has 2 rings (SSSR count). The van der Waals surface area contributed by atoms with Gasteiger partial charge in [0.2, 0.25) is 11.8 Å². The van der Waals surface area contributed by atoms with Gasteiger partial charge in [-0.3, -0.25) is 9.59 Å². The number of benzene rings is 1. The molecule has 2 aromatic rings. The van der Waals surface area contributed by atoms with Crippen LogP contribution in [0.2, 0.25) is 0 Å². The fraction of sp³-hybridized carbons (Fsp3) is 0.316. The minimum atomic E-state index is -0.310. The lowest BCUT2D eigenvalue weighted by Crippen LogP contribution is -2.42. The van der Waals surface area contributed by atoms with Crippen molar-refractivity contribution >= 4 is 23.7 Å². The van der Waals surface area contributed by atoms with E-state index in [0.29, 0.717) is 11.6 Å². The number of nitrogens with zero attached hydrogens (tertiary/aromatic N) is 2. The third-order valence-electron chi connectivity index (χ3n) is 3.83. The highest BCUT2D eigenvalue weighted by atomic mass is 16.5. The predicted octanol–water partition coefficient (Wildman–Crippen LogP) is 3.26. The van der Waals surface area contributed by atoms with Gasteiger partial charge in [0.05, 0.1) is 0 Å². The molecule has 0 aliphatic heterocycles. The topological polar surface area (TPSA) is 75.4 Å². The first kappa shape index (κ1) is 18.4. The van der Waals surface area contributed by atoms with Gasteiger partial charge >= 0.3 is 0 Å². The molecule has 1 aromatic carbocycles. The Labute approximate surface area is 147 Å². The molecule has 1 N–H and O–H groups in total. The Bertz CT molecular complexity index is 737. The maximum Gasteiger partial charge on any atom is 0.247 e. The van der Waals surface area contributed by atoms with E-state index in [9.17, 15) is 9.59 Å². The second kappa shape index (κ2) is 8.82. The summed E-state index contributed by atoms with van der Waals surface area (Å²) in [6.07, 6.45) is 3.99. The van der Waals surface area contributed by atoms with E-state index in [1.165, 1.54) is 6.08 Å². The van der Waals surface area contributed by atoms with E-state index in [1.807, 2.05) is 44.2 Å². The Morgan fingerprint density at radius 3 is 2.64 bits per heavy atom. The fourth-order valence-electron chi connectivity index (χ4n) is 2.26. The van der Waals surface area contributed by atoms with Crippen molar-refractivity contribution in [2.75, 3.05) is 11.9 Å². The summed E-state index contributed by atoms with van der Waals surface area (Å²) in [6, 6.07) is 11.1. The average Bonchev–Trinajstić information content (AvgIpc) is 3.02. The van der Waals surface area contributed by atoms with Crippen LogP contribution in [0.3, 0.4) is 0 Å². The van der Waals surface area contributed by atoms with Gasteiger partial charge in [-0.2, -0.15) is 0 Å². The molecule has 0 aliphatic rings. The molecule has 1 aromatic heterocycles. The van der Waals surface area contributed by atoms with E-state index in [1.54, 1.807) is 24.0 Å². The van der Waals surface area contributed by atoms with Crippen molar-refractivity contribution in [2.45, 2.75) is 33.2 Å². The number of hydrogen-bond donors (Lipinski definition) is 1. The number of carbonyl (C=O) groups is 2. The van der Waals surface area contributed by atoms with Gasteiger partial charge in [0, 0.05) is 18.2 Å². The maximum absolute atomic E-state index is 12.5. The highest BCUT2D eigenvalue weighted by Crippen LogP contribution is 2.10. The number of anilines is 1. The molecule has 0 radical (unpaired) electrons. The van der Waals surface area contributed by atoms with Gasteiger partial charge in [-0.05, 0) is 31.9 Å². The van der Waals surface area contributed by atoms with Crippen LogP contribution in [0.1, 0.15) is 31.6 Å². The lowest BCUT2D eigenvalue weighted by Gasteiger charge is -2.26. The number of hydrogen-bond acceptors (Lipinski definition) is 4. The summed E-state index contributed by atoms with van der Waals surface area (Å²) < 4.78 is 4.92. The van der Waals surface area contributed by atoms with E-state index >= 15 is 0 Å². The third kappa shape index (κ3) is 5.60. The smallest absolute Gasteiger partial charge is 0.247 e. The predicted molar refractivity (Wildman–Crippen MR) is 96.8 cm³/mol. The van der Waals surface area contributed by atoms with Gasteiger partial charge in [0.15, 0.2) is 5.82 Å². The standard InChI is InChI=1S/C19H23N3O3/c1-4-14(2)22(13-18(23)20-17-12-15(3)25-21-17)19(24)11-10-16-8-6-5-7-9-16/h5-12,14H,4,13H2,1-3H3,(H,20,21,23). The van der Waals surface area contributed by atoms with Gasteiger partial charge in [-0.1, -0.05) is 42.4 Å². The summed E-state index contributed by atoms with van der Waals surface area (Å²) in [5.41, 5.74) is 0.933. The van der Waals surface area contributed by atoms with E-state index in [4.69, 9.17) is 4.52 Å². The van der Waals surface area contributed by atoms with E-state index in [0.717, 1.165) is 12.0 Å². The Balaban J connectivity index is 2.03. The van der Waals surface area contributed by atoms with Gasteiger partial charge in [-0.25, -0.2) is 0 Å². The largest absolute Gasteiger partial charge is 0.360 e. The molecule has 0 saturated heterocycles. The van der Waals surface area contributed by atoms with Crippen molar-refractivity contribution in [1.29, 1.82) is 0 Å². The Kier molecular flexibility index (Phi) is 6.51. The minimum absolute atomic E-state index is 0.0428. The van der Waals surface area contributed by atoms with Crippen LogP contribution in [0.4, 0.5) is 5.82 Å². The summed E-state index contributed by atoms with van der Waals surface area (Å²) in [5, 5.41) is 6.36. The van der Waals surface area contributed by atoms with Crippen LogP contribution in [0.15, 0.2) is 47.0 Å². The number of aromatic nitrogens is 1. The zero-order valence-corrected chi connectivity index (χ0v) is 14.7. The molecule has 0 bridgehead atoms. The summed E-state index contributed by atoms with van der Waals surface area (Å²) in [4.78, 5) is 26.3. The van der Waals surface area contributed by atoms with Crippen molar-refractivity contribution in [3.05, 3.63) is 53.8 Å². The van der Waals surface area contributed by atoms with E-state index in [-0.39, 0.29) is 24.4 Å². The fourth-order valence-corrected chi connectivity index (χ4v) is 2.26. The molecule has 2 amide bonds. The number of rotatable bonds is 7. The molecule has 1 heterocycles. The van der Waals surface area contributed by atoms with Crippen molar-refractivity contribution < 1.29 is 14.1 Å². The Hall–Kier alpha value is -2.89. The number of nitrogens with one attached hydrogen (secondary N) is 1. The van der Waals surface area contributed by atoms with Crippen LogP contribution in [-0.4, -0.2) is 34.5 Å². The highest BCUT2D eigenvalue weighted by Gasteiger charge is 2.20. The lowest BCUT2D eigenvalue weighted by atomic mass is 10.2. The number of aryl methyl sites for hydroxylation is 1. The Morgan fingerprint density at radius 2 is 2.04 bits per heavy atom. The summed E-state index contributed by atoms with van der Waals surface area (Å²) in [6.45, 7) is 5.59. The molecule has 0 spiro atoms. The number of amides is 2. The van der Waals surface area contributed by atoms with Gasteiger partial charge in [0.1, 0.15) is 12.3 Å². The van der Waals surface area contributed by atoms with Crippen LogP contribution < -0.4 is 5.32 Å². The average molecular weight is 341 g/mol. The first-order valence-corrected chi connectivity index (χ1v) is 8.26.